The lowest BCUT2D eigenvalue weighted by Crippen LogP contribution is -2.49. The summed E-state index contributed by atoms with van der Waals surface area (Å²) in [5.41, 5.74) is 3.45. The molecule has 0 saturated heterocycles. The average molecular weight is 339 g/mol. The van der Waals surface area contributed by atoms with E-state index < -0.39 is 0 Å². The molecule has 5 atom stereocenters. The largest absolute Gasteiger partial charge is 0.358 e. The predicted molar refractivity (Wildman–Crippen MR) is 101 cm³/mol. The van der Waals surface area contributed by atoms with Crippen LogP contribution in [0.25, 0.3) is 15.7 Å². The van der Waals surface area contributed by atoms with Crippen molar-refractivity contribution in [2.24, 2.45) is 11.3 Å². The zero-order chi connectivity index (χ0) is 17.3. The molecular weight excluding hydrogens is 316 g/mol. The maximum Gasteiger partial charge on any atom is 0.240 e. The Morgan fingerprint density at radius 2 is 2.04 bits per heavy atom. The van der Waals surface area contributed by atoms with E-state index in [1.165, 1.54) is 22.2 Å². The van der Waals surface area contributed by atoms with Crippen LogP contribution in [-0.2, 0) is 5.41 Å². The Morgan fingerprint density at radius 1 is 1.33 bits per heavy atom. The second-order valence-corrected chi connectivity index (χ2v) is 8.69. The van der Waals surface area contributed by atoms with Crippen LogP contribution in [-0.4, -0.2) is 16.4 Å². The fraction of sp³-hybridized carbons (Fsp3) is 0.476. The molecule has 2 aliphatic carbocycles. The van der Waals surface area contributed by atoms with E-state index >= 15 is 0 Å². The van der Waals surface area contributed by atoms with Gasteiger partial charge in [0.2, 0.25) is 6.04 Å². The number of aromatic nitrogens is 1. The molecule has 1 saturated carbocycles. The van der Waals surface area contributed by atoms with Crippen molar-refractivity contribution >= 4 is 22.5 Å². The van der Waals surface area contributed by atoms with Crippen LogP contribution < -0.4 is 0 Å². The van der Waals surface area contributed by atoms with Gasteiger partial charge in [0.1, 0.15) is 0 Å². The van der Waals surface area contributed by atoms with Gasteiger partial charge in [-0.1, -0.05) is 38.1 Å². The number of benzene rings is 1. The number of hydrogen-bond donors (Lipinski definition) is 1. The number of nitrogens with one attached hydrogen (secondary N) is 1. The number of fused-ring (bicyclic) bond motifs is 5. The van der Waals surface area contributed by atoms with Gasteiger partial charge in [-0.25, -0.2) is 6.57 Å². The number of hydrogen-bond acceptors (Lipinski definition) is 0. The first-order valence-electron chi connectivity index (χ1n) is 8.61. The van der Waals surface area contributed by atoms with Crippen molar-refractivity contribution in [3.05, 3.63) is 59.6 Å². The lowest BCUT2D eigenvalue weighted by molar-refractivity contribution is 0.147. The first-order valence-corrected chi connectivity index (χ1v) is 9.05. The lowest BCUT2D eigenvalue weighted by atomic mass is 9.59. The lowest BCUT2D eigenvalue weighted by Gasteiger charge is -2.45. The van der Waals surface area contributed by atoms with E-state index in [1.807, 2.05) is 6.08 Å². The van der Waals surface area contributed by atoms with Crippen LogP contribution in [0.15, 0.2) is 36.9 Å². The Hall–Kier alpha value is -1.72. The van der Waals surface area contributed by atoms with E-state index in [4.69, 9.17) is 18.2 Å². The van der Waals surface area contributed by atoms with Crippen LogP contribution in [0, 0.1) is 17.9 Å². The minimum atomic E-state index is -0.361. The summed E-state index contributed by atoms with van der Waals surface area (Å²) in [5, 5.41) is 1.21. The Kier molecular flexibility index (Phi) is 3.22. The summed E-state index contributed by atoms with van der Waals surface area (Å²) in [4.78, 5) is 7.75. The minimum absolute atomic E-state index is 0.00238. The number of rotatable bonds is 1. The van der Waals surface area contributed by atoms with Crippen LogP contribution in [0.1, 0.15) is 44.4 Å². The highest BCUT2D eigenvalue weighted by Crippen LogP contribution is 2.63. The molecular formula is C21H23ClN2. The molecule has 2 nitrogen and oxygen atoms in total. The smallest absolute Gasteiger partial charge is 0.240 e. The Balaban J connectivity index is 2.01. The molecule has 2 aliphatic rings. The van der Waals surface area contributed by atoms with Crippen LogP contribution in [0.5, 0.6) is 0 Å². The molecule has 1 heterocycles. The molecule has 0 bridgehead atoms. The quantitative estimate of drug-likeness (QED) is 0.394. The summed E-state index contributed by atoms with van der Waals surface area (Å²) in [5.74, 6) is 0.597. The van der Waals surface area contributed by atoms with Gasteiger partial charge in [0.05, 0.1) is 16.7 Å². The second kappa shape index (κ2) is 4.90. The number of halogens is 1. The molecule has 1 N–H and O–H groups in total. The summed E-state index contributed by atoms with van der Waals surface area (Å²) in [6.07, 6.45) is 2.84. The third-order valence-electron chi connectivity index (χ3n) is 6.78. The van der Waals surface area contributed by atoms with E-state index in [-0.39, 0.29) is 28.2 Å². The van der Waals surface area contributed by atoms with Crippen molar-refractivity contribution in [1.29, 1.82) is 0 Å². The van der Waals surface area contributed by atoms with E-state index in [0.717, 1.165) is 6.42 Å². The van der Waals surface area contributed by atoms with Gasteiger partial charge in [-0.2, -0.15) is 0 Å². The third kappa shape index (κ3) is 1.72. The van der Waals surface area contributed by atoms with Crippen LogP contribution >= 0.6 is 11.6 Å². The second-order valence-electron chi connectivity index (χ2n) is 8.16. The van der Waals surface area contributed by atoms with Crippen molar-refractivity contribution in [3.8, 4) is 0 Å². The normalized spacial score (nSPS) is 36.8. The summed E-state index contributed by atoms with van der Waals surface area (Å²) >= 11 is 6.79. The summed E-state index contributed by atoms with van der Waals surface area (Å²) in [6, 6.07) is 8.29. The van der Waals surface area contributed by atoms with Crippen LogP contribution in [0.2, 0.25) is 0 Å². The molecule has 0 aliphatic heterocycles. The summed E-state index contributed by atoms with van der Waals surface area (Å²) in [6.45, 7) is 18.7. The standard InChI is InChI=1S/C21H23ClN2/c1-6-21(4)15(22)11-13-17(19(21)23-5)16-12-9-7-8-10-14(12)24-18(16)20(13,2)3/h6-10,13,15,17,19,24H,1,11H2,2-4H3/t13-,15+,17-,19+,21+/m1/s1. The highest BCUT2D eigenvalue weighted by molar-refractivity contribution is 6.21. The zero-order valence-corrected chi connectivity index (χ0v) is 15.2. The van der Waals surface area contributed by atoms with Gasteiger partial charge >= 0.3 is 0 Å². The molecule has 24 heavy (non-hydrogen) atoms. The van der Waals surface area contributed by atoms with Gasteiger partial charge in [0, 0.05) is 22.0 Å². The molecule has 0 spiro atoms. The molecule has 4 rings (SSSR count). The summed E-state index contributed by atoms with van der Waals surface area (Å²) in [7, 11) is 0. The topological polar surface area (TPSA) is 20.1 Å². The Labute approximate surface area is 148 Å². The molecule has 1 aromatic carbocycles. The number of nitrogens with zero attached hydrogens (tertiary/aromatic N) is 1. The SMILES string of the molecule is [C-]#[N+][C@H]1[C@H]2c3c([nH]c4ccccc34)C(C)(C)[C@@H]2C[C@H](Cl)[C@]1(C)C=C. The Bertz CT molecular complexity index is 872. The first-order chi connectivity index (χ1) is 11.4. The van der Waals surface area contributed by atoms with Crippen molar-refractivity contribution in [2.45, 2.75) is 49.9 Å². The van der Waals surface area contributed by atoms with Crippen LogP contribution in [0.3, 0.4) is 0 Å². The highest BCUT2D eigenvalue weighted by atomic mass is 35.5. The average Bonchev–Trinajstić information content (AvgIpc) is 3.04. The first kappa shape index (κ1) is 15.8. The highest BCUT2D eigenvalue weighted by Gasteiger charge is 2.63. The fourth-order valence-electron chi connectivity index (χ4n) is 5.19. The van der Waals surface area contributed by atoms with Gasteiger partial charge in [-0.15, -0.1) is 18.2 Å². The van der Waals surface area contributed by atoms with E-state index in [9.17, 15) is 0 Å². The van der Waals surface area contributed by atoms with Crippen molar-refractivity contribution in [3.63, 3.8) is 0 Å². The molecule has 2 aromatic rings. The van der Waals surface area contributed by atoms with Crippen molar-refractivity contribution in [1.82, 2.24) is 4.98 Å². The minimum Gasteiger partial charge on any atom is -0.358 e. The molecule has 1 fully saturated rings. The molecule has 124 valence electrons. The van der Waals surface area contributed by atoms with Gasteiger partial charge in [-0.05, 0) is 30.9 Å². The van der Waals surface area contributed by atoms with Crippen LogP contribution in [0.4, 0.5) is 0 Å². The van der Waals surface area contributed by atoms with Gasteiger partial charge < -0.3 is 9.83 Å². The summed E-state index contributed by atoms with van der Waals surface area (Å²) < 4.78 is 0. The molecule has 1 aromatic heterocycles. The Morgan fingerprint density at radius 3 is 2.71 bits per heavy atom. The van der Waals surface area contributed by atoms with Gasteiger partial charge in [-0.3, -0.25) is 0 Å². The van der Waals surface area contributed by atoms with Crippen molar-refractivity contribution in [2.75, 3.05) is 0 Å². The third-order valence-corrected chi connectivity index (χ3v) is 7.42. The van der Waals surface area contributed by atoms with Gasteiger partial charge in [0.15, 0.2) is 0 Å². The van der Waals surface area contributed by atoms with Crippen molar-refractivity contribution < 1.29 is 0 Å². The number of para-hydroxylation sites is 1. The maximum absolute atomic E-state index is 7.94. The number of aromatic amines is 1. The van der Waals surface area contributed by atoms with Gasteiger partial charge in [0.25, 0.3) is 0 Å². The molecule has 0 amide bonds. The molecule has 0 unspecified atom stereocenters. The predicted octanol–water partition coefficient (Wildman–Crippen LogP) is 5.65. The monoisotopic (exact) mass is 338 g/mol. The van der Waals surface area contributed by atoms with E-state index in [2.05, 4.69) is 61.4 Å². The molecule has 0 radical (unpaired) electrons. The number of alkyl halides is 1. The van der Waals surface area contributed by atoms with E-state index in [0.29, 0.717) is 5.92 Å². The molecule has 3 heteroatoms. The zero-order valence-electron chi connectivity index (χ0n) is 14.4. The number of H-pyrrole nitrogens is 1. The van der Waals surface area contributed by atoms with E-state index in [1.54, 1.807) is 0 Å². The fourth-order valence-corrected chi connectivity index (χ4v) is 5.60. The maximum atomic E-state index is 7.94.